The molecule has 96 valence electrons. The fourth-order valence-corrected chi connectivity index (χ4v) is 1.79. The monoisotopic (exact) mass is 225 g/mol. The highest BCUT2D eigenvalue weighted by molar-refractivity contribution is 5.32. The summed E-state index contributed by atoms with van der Waals surface area (Å²) in [7, 11) is 2.04. The molecule has 0 aromatic rings. The molecule has 0 heterocycles. The number of likely N-dealkylation sites (N-methyl/N-ethyl adjacent to an activating group) is 1. The number of hydrogen-bond acceptors (Lipinski definition) is 1. The fraction of sp³-hybridized carbons (Fsp3) is 0.733. The van der Waals surface area contributed by atoms with Crippen LogP contribution >= 0.6 is 0 Å². The minimum atomic E-state index is 0.557. The smallest absolute Gasteiger partial charge is 0.0314 e. The van der Waals surface area contributed by atoms with E-state index in [1.807, 2.05) is 34.7 Å². The van der Waals surface area contributed by atoms with E-state index in [4.69, 9.17) is 0 Å². The standard InChI is InChI=1S/C11H19N.2C2H6/c1-4-11(12-3)10-8-6-5-7-9(10)2;2*1-2/h6,8,11-12H,4-5,7H2,1-3H3;2*1-2H3. The van der Waals surface area contributed by atoms with Crippen LogP contribution in [0.15, 0.2) is 23.3 Å². The first-order valence-electron chi connectivity index (χ1n) is 6.83. The maximum Gasteiger partial charge on any atom is 0.0314 e. The molecule has 1 unspecified atom stereocenters. The Labute approximate surface area is 103 Å². The largest absolute Gasteiger partial charge is 0.313 e. The Kier molecular flexibility index (Phi) is 13.9. The molecule has 0 saturated heterocycles. The van der Waals surface area contributed by atoms with E-state index in [2.05, 4.69) is 31.3 Å². The second-order valence-corrected chi connectivity index (χ2v) is 3.43. The van der Waals surface area contributed by atoms with Gasteiger partial charge in [0.25, 0.3) is 0 Å². The van der Waals surface area contributed by atoms with Gasteiger partial charge in [0, 0.05) is 6.04 Å². The summed E-state index contributed by atoms with van der Waals surface area (Å²) in [4.78, 5) is 0. The van der Waals surface area contributed by atoms with Crippen molar-refractivity contribution in [3.63, 3.8) is 0 Å². The minimum absolute atomic E-state index is 0.557. The topological polar surface area (TPSA) is 12.0 Å². The first-order valence-corrected chi connectivity index (χ1v) is 6.83. The van der Waals surface area contributed by atoms with Crippen LogP contribution < -0.4 is 5.32 Å². The van der Waals surface area contributed by atoms with Gasteiger partial charge in [0.05, 0.1) is 0 Å². The van der Waals surface area contributed by atoms with Crippen molar-refractivity contribution < 1.29 is 0 Å². The van der Waals surface area contributed by atoms with E-state index >= 15 is 0 Å². The third kappa shape index (κ3) is 6.12. The molecule has 1 N–H and O–H groups in total. The molecule has 1 nitrogen and oxygen atoms in total. The number of allylic oxidation sites excluding steroid dienone is 2. The summed E-state index contributed by atoms with van der Waals surface area (Å²) in [5.74, 6) is 0. The molecule has 0 spiro atoms. The molecular weight excluding hydrogens is 194 g/mol. The third-order valence-corrected chi connectivity index (χ3v) is 2.61. The van der Waals surface area contributed by atoms with Crippen molar-refractivity contribution in [2.24, 2.45) is 0 Å². The van der Waals surface area contributed by atoms with Crippen molar-refractivity contribution in [1.29, 1.82) is 0 Å². The summed E-state index contributed by atoms with van der Waals surface area (Å²) < 4.78 is 0. The highest BCUT2D eigenvalue weighted by atomic mass is 14.9. The van der Waals surface area contributed by atoms with Gasteiger partial charge in [-0.05, 0) is 38.8 Å². The molecule has 0 aromatic carbocycles. The van der Waals surface area contributed by atoms with Crippen molar-refractivity contribution >= 4 is 0 Å². The predicted octanol–water partition coefficient (Wildman–Crippen LogP) is 4.70. The maximum atomic E-state index is 3.34. The van der Waals surface area contributed by atoms with Gasteiger partial charge in [-0.3, -0.25) is 0 Å². The van der Waals surface area contributed by atoms with Gasteiger partial charge in [0.1, 0.15) is 0 Å². The normalized spacial score (nSPS) is 15.7. The van der Waals surface area contributed by atoms with Crippen LogP contribution in [-0.4, -0.2) is 13.1 Å². The summed E-state index contributed by atoms with van der Waals surface area (Å²) in [5, 5.41) is 3.34. The third-order valence-electron chi connectivity index (χ3n) is 2.61. The van der Waals surface area contributed by atoms with E-state index in [0.29, 0.717) is 6.04 Å². The van der Waals surface area contributed by atoms with E-state index in [-0.39, 0.29) is 0 Å². The van der Waals surface area contributed by atoms with E-state index in [9.17, 15) is 0 Å². The Morgan fingerprint density at radius 2 is 1.81 bits per heavy atom. The summed E-state index contributed by atoms with van der Waals surface area (Å²) in [5.41, 5.74) is 3.06. The quantitative estimate of drug-likeness (QED) is 0.734. The van der Waals surface area contributed by atoms with E-state index in [1.54, 1.807) is 5.57 Å². The van der Waals surface area contributed by atoms with Crippen LogP contribution in [-0.2, 0) is 0 Å². The van der Waals surface area contributed by atoms with Gasteiger partial charge in [-0.2, -0.15) is 0 Å². The van der Waals surface area contributed by atoms with Gasteiger partial charge in [0.2, 0.25) is 0 Å². The molecular formula is C15H31N. The van der Waals surface area contributed by atoms with E-state index < -0.39 is 0 Å². The van der Waals surface area contributed by atoms with Gasteiger partial charge >= 0.3 is 0 Å². The molecule has 1 heteroatoms. The highest BCUT2D eigenvalue weighted by Crippen LogP contribution is 2.22. The lowest BCUT2D eigenvalue weighted by Crippen LogP contribution is -2.27. The lowest BCUT2D eigenvalue weighted by atomic mass is 9.92. The SMILES string of the molecule is CC.CC.CCC(NC)C1=C(C)CCC=C1. The fourth-order valence-electron chi connectivity index (χ4n) is 1.79. The van der Waals surface area contributed by atoms with Crippen LogP contribution in [0.4, 0.5) is 0 Å². The summed E-state index contributed by atoms with van der Waals surface area (Å²) >= 11 is 0. The molecule has 1 rings (SSSR count). The van der Waals surface area contributed by atoms with Gasteiger partial charge in [-0.1, -0.05) is 52.3 Å². The molecule has 0 bridgehead atoms. The predicted molar refractivity (Wildman–Crippen MR) is 76.9 cm³/mol. The molecule has 0 aliphatic heterocycles. The summed E-state index contributed by atoms with van der Waals surface area (Å²) in [6.45, 7) is 12.5. The lowest BCUT2D eigenvalue weighted by molar-refractivity contribution is 0.616. The Hall–Kier alpha value is -0.560. The lowest BCUT2D eigenvalue weighted by Gasteiger charge is -2.21. The Bertz CT molecular complexity index is 197. The van der Waals surface area contributed by atoms with Crippen molar-refractivity contribution in [1.82, 2.24) is 5.32 Å². The number of rotatable bonds is 3. The molecule has 0 amide bonds. The average molecular weight is 225 g/mol. The van der Waals surface area contributed by atoms with Crippen LogP contribution in [0.25, 0.3) is 0 Å². The van der Waals surface area contributed by atoms with Crippen molar-refractivity contribution in [2.75, 3.05) is 7.05 Å². The zero-order chi connectivity index (χ0) is 13.0. The van der Waals surface area contributed by atoms with Crippen LogP contribution in [0.3, 0.4) is 0 Å². The van der Waals surface area contributed by atoms with Crippen molar-refractivity contribution in [3.8, 4) is 0 Å². The molecule has 1 atom stereocenters. The molecule has 1 aliphatic carbocycles. The molecule has 0 radical (unpaired) electrons. The van der Waals surface area contributed by atoms with Gasteiger partial charge in [-0.15, -0.1) is 0 Å². The zero-order valence-electron chi connectivity index (χ0n) is 12.4. The molecule has 0 saturated carbocycles. The first-order chi connectivity index (χ1) is 7.79. The second-order valence-electron chi connectivity index (χ2n) is 3.43. The molecule has 1 aliphatic rings. The van der Waals surface area contributed by atoms with Gasteiger partial charge in [-0.25, -0.2) is 0 Å². The van der Waals surface area contributed by atoms with Crippen LogP contribution in [0.2, 0.25) is 0 Å². The first kappa shape index (κ1) is 17.8. The highest BCUT2D eigenvalue weighted by Gasteiger charge is 2.11. The Morgan fingerprint density at radius 1 is 1.25 bits per heavy atom. The van der Waals surface area contributed by atoms with E-state index in [1.165, 1.54) is 24.8 Å². The Balaban J connectivity index is 0. The minimum Gasteiger partial charge on any atom is -0.313 e. The number of nitrogens with one attached hydrogen (secondary N) is 1. The molecule has 16 heavy (non-hydrogen) atoms. The van der Waals surface area contributed by atoms with Crippen LogP contribution in [0.5, 0.6) is 0 Å². The van der Waals surface area contributed by atoms with Gasteiger partial charge in [0.15, 0.2) is 0 Å². The number of hydrogen-bond donors (Lipinski definition) is 1. The van der Waals surface area contributed by atoms with Crippen LogP contribution in [0.1, 0.15) is 60.8 Å². The maximum absolute atomic E-state index is 3.34. The van der Waals surface area contributed by atoms with Crippen molar-refractivity contribution in [2.45, 2.75) is 66.8 Å². The second kappa shape index (κ2) is 12.5. The summed E-state index contributed by atoms with van der Waals surface area (Å²) in [6.07, 6.45) is 8.19. The molecule has 0 aromatic heterocycles. The van der Waals surface area contributed by atoms with E-state index in [0.717, 1.165) is 0 Å². The van der Waals surface area contributed by atoms with Crippen molar-refractivity contribution in [3.05, 3.63) is 23.3 Å². The van der Waals surface area contributed by atoms with Gasteiger partial charge < -0.3 is 5.32 Å². The summed E-state index contributed by atoms with van der Waals surface area (Å²) in [6, 6.07) is 0.557. The molecule has 0 fully saturated rings. The average Bonchev–Trinajstić information content (AvgIpc) is 2.38. The van der Waals surface area contributed by atoms with Crippen LogP contribution in [0, 0.1) is 0 Å². The Morgan fingerprint density at radius 3 is 2.19 bits per heavy atom. The zero-order valence-corrected chi connectivity index (χ0v) is 12.4.